The lowest BCUT2D eigenvalue weighted by Gasteiger charge is -2.13. The molecule has 0 aromatic heterocycles. The highest BCUT2D eigenvalue weighted by Gasteiger charge is 2.11. The molecule has 0 spiro atoms. The second-order valence-electron chi connectivity index (χ2n) is 5.24. The molecular formula is C16H23NO2. The molecule has 0 amide bonds. The maximum Gasteiger partial charge on any atom is 0.338 e. The summed E-state index contributed by atoms with van der Waals surface area (Å²) in [4.78, 5) is 13.8. The fourth-order valence-corrected chi connectivity index (χ4v) is 1.55. The lowest BCUT2D eigenvalue weighted by Crippen LogP contribution is -2.10. The van der Waals surface area contributed by atoms with Gasteiger partial charge in [-0.05, 0) is 30.0 Å². The zero-order valence-corrected chi connectivity index (χ0v) is 12.3. The largest absolute Gasteiger partial charge is 0.462 e. The zero-order valence-electron chi connectivity index (χ0n) is 12.3. The Bertz CT molecular complexity index is 433. The first-order chi connectivity index (χ1) is 8.91. The van der Waals surface area contributed by atoms with Gasteiger partial charge in [-0.25, -0.2) is 4.79 Å². The van der Waals surface area contributed by atoms with Crippen molar-refractivity contribution in [2.24, 2.45) is 5.92 Å². The van der Waals surface area contributed by atoms with Crippen molar-refractivity contribution < 1.29 is 9.53 Å². The van der Waals surface area contributed by atoms with E-state index in [0.29, 0.717) is 18.1 Å². The number of benzene rings is 1. The summed E-state index contributed by atoms with van der Waals surface area (Å²) in [6, 6.07) is 7.70. The minimum absolute atomic E-state index is 0.335. The Labute approximate surface area is 115 Å². The number of esters is 1. The number of hydrogen-bond donors (Lipinski definition) is 0. The van der Waals surface area contributed by atoms with Crippen LogP contribution in [-0.4, -0.2) is 26.7 Å². The highest BCUT2D eigenvalue weighted by molar-refractivity contribution is 6.15. The summed E-state index contributed by atoms with van der Waals surface area (Å²) in [6.45, 7) is 8.46. The molecule has 0 N–H and O–H groups in total. The van der Waals surface area contributed by atoms with Crippen LogP contribution in [0.15, 0.2) is 30.8 Å². The Hall–Kier alpha value is -1.77. The summed E-state index contributed by atoms with van der Waals surface area (Å²) >= 11 is 0. The summed E-state index contributed by atoms with van der Waals surface area (Å²) in [5.74, 6) is 0.193. The predicted octanol–water partition coefficient (Wildman–Crippen LogP) is 3.36. The molecule has 104 valence electrons. The molecule has 0 atom stereocenters. The van der Waals surface area contributed by atoms with E-state index >= 15 is 0 Å². The van der Waals surface area contributed by atoms with Gasteiger partial charge >= 0.3 is 5.97 Å². The van der Waals surface area contributed by atoms with Crippen LogP contribution in [0.2, 0.25) is 0 Å². The van der Waals surface area contributed by atoms with Crippen LogP contribution in [0.1, 0.15) is 25.8 Å². The number of nitrogens with zero attached hydrogens (tertiary/aromatic N) is 1. The molecule has 0 saturated carbocycles. The molecule has 1 rings (SSSR count). The molecule has 3 nitrogen and oxygen atoms in total. The van der Waals surface area contributed by atoms with Crippen molar-refractivity contribution in [3.8, 4) is 0 Å². The quantitative estimate of drug-likeness (QED) is 0.581. The summed E-state index contributed by atoms with van der Waals surface area (Å²) in [5.41, 5.74) is 2.30. The molecule has 0 aliphatic heterocycles. The van der Waals surface area contributed by atoms with Crippen molar-refractivity contribution in [3.05, 3.63) is 36.4 Å². The molecule has 0 bridgehead atoms. The third kappa shape index (κ3) is 4.78. The van der Waals surface area contributed by atoms with Crippen LogP contribution in [-0.2, 0) is 9.53 Å². The monoisotopic (exact) mass is 261 g/mol. The topological polar surface area (TPSA) is 29.5 Å². The Morgan fingerprint density at radius 1 is 1.26 bits per heavy atom. The minimum atomic E-state index is -0.335. The zero-order chi connectivity index (χ0) is 14.4. The number of anilines is 1. The number of ether oxygens (including phenoxy) is 1. The summed E-state index contributed by atoms with van der Waals surface area (Å²) in [6.07, 6.45) is 0.874. The van der Waals surface area contributed by atoms with Crippen molar-refractivity contribution in [2.75, 3.05) is 25.6 Å². The van der Waals surface area contributed by atoms with E-state index in [1.165, 1.54) is 0 Å². The van der Waals surface area contributed by atoms with E-state index in [2.05, 4.69) is 20.4 Å². The van der Waals surface area contributed by atoms with Gasteiger partial charge in [0.1, 0.15) is 0 Å². The van der Waals surface area contributed by atoms with Gasteiger partial charge in [-0.15, -0.1) is 0 Å². The average molecular weight is 261 g/mol. The van der Waals surface area contributed by atoms with Crippen LogP contribution in [0, 0.1) is 5.92 Å². The molecule has 3 heteroatoms. The second kappa shape index (κ2) is 6.98. The van der Waals surface area contributed by atoms with E-state index in [0.717, 1.165) is 17.7 Å². The SMILES string of the molecule is C=C(C(=O)OCCC(C)C)c1ccc(N(C)C)cc1. The molecule has 0 aliphatic carbocycles. The normalized spacial score (nSPS) is 10.4. The average Bonchev–Trinajstić information content (AvgIpc) is 2.37. The van der Waals surface area contributed by atoms with E-state index in [-0.39, 0.29) is 5.97 Å². The van der Waals surface area contributed by atoms with E-state index in [1.54, 1.807) is 0 Å². The molecule has 0 radical (unpaired) electrons. The van der Waals surface area contributed by atoms with Gasteiger partial charge in [-0.3, -0.25) is 0 Å². The standard InChI is InChI=1S/C16H23NO2/c1-12(2)10-11-19-16(18)13(3)14-6-8-15(9-7-14)17(4)5/h6-9,12H,3,10-11H2,1-2,4-5H3. The molecule has 0 heterocycles. The van der Waals surface area contributed by atoms with E-state index in [1.807, 2.05) is 43.3 Å². The third-order valence-electron chi connectivity index (χ3n) is 2.91. The van der Waals surface area contributed by atoms with Gasteiger partial charge in [0.05, 0.1) is 12.2 Å². The van der Waals surface area contributed by atoms with Gasteiger partial charge in [0.25, 0.3) is 0 Å². The number of carbonyl (C=O) groups is 1. The van der Waals surface area contributed by atoms with Gasteiger partial charge in [0, 0.05) is 19.8 Å². The smallest absolute Gasteiger partial charge is 0.338 e. The lowest BCUT2D eigenvalue weighted by atomic mass is 10.1. The molecule has 0 saturated heterocycles. The van der Waals surface area contributed by atoms with Crippen molar-refractivity contribution in [1.29, 1.82) is 0 Å². The van der Waals surface area contributed by atoms with Crippen molar-refractivity contribution in [1.82, 2.24) is 0 Å². The molecule has 0 aliphatic rings. The number of hydrogen-bond acceptors (Lipinski definition) is 3. The highest BCUT2D eigenvalue weighted by atomic mass is 16.5. The first kappa shape index (κ1) is 15.3. The highest BCUT2D eigenvalue weighted by Crippen LogP contribution is 2.18. The van der Waals surface area contributed by atoms with Crippen LogP contribution in [0.3, 0.4) is 0 Å². The fourth-order valence-electron chi connectivity index (χ4n) is 1.55. The van der Waals surface area contributed by atoms with Gasteiger partial charge in [-0.2, -0.15) is 0 Å². The van der Waals surface area contributed by atoms with Gasteiger partial charge in [-0.1, -0.05) is 32.6 Å². The number of carbonyl (C=O) groups excluding carboxylic acids is 1. The first-order valence-electron chi connectivity index (χ1n) is 6.55. The maximum atomic E-state index is 11.8. The summed E-state index contributed by atoms with van der Waals surface area (Å²) in [5, 5.41) is 0. The predicted molar refractivity (Wildman–Crippen MR) is 80.2 cm³/mol. The van der Waals surface area contributed by atoms with Crippen LogP contribution >= 0.6 is 0 Å². The maximum absolute atomic E-state index is 11.8. The van der Waals surface area contributed by atoms with Crippen LogP contribution in [0.25, 0.3) is 5.57 Å². The third-order valence-corrected chi connectivity index (χ3v) is 2.91. The molecule has 0 fully saturated rings. The van der Waals surface area contributed by atoms with Crippen molar-refractivity contribution >= 4 is 17.2 Å². The Morgan fingerprint density at radius 3 is 2.32 bits per heavy atom. The Balaban J connectivity index is 2.59. The summed E-state index contributed by atoms with van der Waals surface area (Å²) < 4.78 is 5.20. The minimum Gasteiger partial charge on any atom is -0.462 e. The Kier molecular flexibility index (Phi) is 5.61. The van der Waals surface area contributed by atoms with Crippen molar-refractivity contribution in [2.45, 2.75) is 20.3 Å². The van der Waals surface area contributed by atoms with Crippen molar-refractivity contribution in [3.63, 3.8) is 0 Å². The van der Waals surface area contributed by atoms with E-state index < -0.39 is 0 Å². The van der Waals surface area contributed by atoms with Crippen LogP contribution < -0.4 is 4.90 Å². The second-order valence-corrected chi connectivity index (χ2v) is 5.24. The fraction of sp³-hybridized carbons (Fsp3) is 0.438. The molecule has 1 aromatic carbocycles. The lowest BCUT2D eigenvalue weighted by molar-refractivity contribution is -0.136. The number of rotatable bonds is 6. The van der Waals surface area contributed by atoms with Gasteiger partial charge in [0.2, 0.25) is 0 Å². The molecular weight excluding hydrogens is 238 g/mol. The van der Waals surface area contributed by atoms with Gasteiger partial charge in [0.15, 0.2) is 0 Å². The van der Waals surface area contributed by atoms with Gasteiger partial charge < -0.3 is 9.64 Å². The summed E-state index contributed by atoms with van der Waals surface area (Å²) in [7, 11) is 3.95. The Morgan fingerprint density at radius 2 is 1.84 bits per heavy atom. The molecule has 0 unspecified atom stereocenters. The van der Waals surface area contributed by atoms with Crippen LogP contribution in [0.4, 0.5) is 5.69 Å². The molecule has 19 heavy (non-hydrogen) atoms. The van der Waals surface area contributed by atoms with E-state index in [9.17, 15) is 4.79 Å². The van der Waals surface area contributed by atoms with Crippen LogP contribution in [0.5, 0.6) is 0 Å². The first-order valence-corrected chi connectivity index (χ1v) is 6.55. The molecule has 1 aromatic rings. The van der Waals surface area contributed by atoms with E-state index in [4.69, 9.17) is 4.74 Å².